The van der Waals surface area contributed by atoms with Crippen molar-refractivity contribution in [3.05, 3.63) is 0 Å². The highest BCUT2D eigenvalue weighted by atomic mass is 32.1. The Bertz CT molecular complexity index is 140. The first kappa shape index (κ1) is 15.6. The smallest absolute Gasteiger partial charge is 0.0445 e. The molecule has 0 amide bonds. The van der Waals surface area contributed by atoms with Gasteiger partial charge in [0.2, 0.25) is 0 Å². The van der Waals surface area contributed by atoms with E-state index in [9.17, 15) is 0 Å². The van der Waals surface area contributed by atoms with Crippen LogP contribution in [0, 0.1) is 5.92 Å². The minimum absolute atomic E-state index is 0.829. The zero-order chi connectivity index (χ0) is 11.7. The second-order valence-electron chi connectivity index (χ2n) is 5.97. The van der Waals surface area contributed by atoms with E-state index >= 15 is 0 Å². The summed E-state index contributed by atoms with van der Waals surface area (Å²) in [6, 6.07) is 1.52. The van der Waals surface area contributed by atoms with Gasteiger partial charge in [0.05, 0.1) is 0 Å². The summed E-state index contributed by atoms with van der Waals surface area (Å²) in [6.07, 6.45) is 8.39. The predicted octanol–water partition coefficient (Wildman–Crippen LogP) is 5.23. The van der Waals surface area contributed by atoms with Crippen LogP contribution in [0.5, 0.6) is 0 Å². The molecule has 0 aromatic carbocycles. The van der Waals surface area contributed by atoms with Crippen molar-refractivity contribution in [3.63, 3.8) is 0 Å². The third-order valence-corrected chi connectivity index (χ3v) is 5.12. The van der Waals surface area contributed by atoms with Crippen LogP contribution in [0.4, 0.5) is 0 Å². The Labute approximate surface area is 104 Å². The van der Waals surface area contributed by atoms with Gasteiger partial charge in [0.1, 0.15) is 0 Å². The van der Waals surface area contributed by atoms with Crippen molar-refractivity contribution >= 4 is 20.7 Å². The van der Waals surface area contributed by atoms with E-state index in [0.29, 0.717) is 0 Å². The van der Waals surface area contributed by atoms with Gasteiger partial charge in [0.25, 0.3) is 0 Å². The first-order valence-electron chi connectivity index (χ1n) is 6.60. The Morgan fingerprint density at radius 2 is 1.60 bits per heavy atom. The average Bonchev–Trinajstić information content (AvgIpc) is 2.14. The van der Waals surface area contributed by atoms with Gasteiger partial charge in [-0.05, 0) is 18.1 Å². The van der Waals surface area contributed by atoms with Crippen molar-refractivity contribution in [2.45, 2.75) is 71.1 Å². The molecular weight excluding hydrogens is 216 g/mol. The van der Waals surface area contributed by atoms with Gasteiger partial charge in [0, 0.05) is 8.07 Å². The Morgan fingerprint density at radius 1 is 1.00 bits per heavy atom. The summed E-state index contributed by atoms with van der Waals surface area (Å²) >= 11 is 4.24. The molecule has 0 radical (unpaired) electrons. The van der Waals surface area contributed by atoms with Crippen LogP contribution in [0.25, 0.3) is 0 Å². The first-order chi connectivity index (χ1) is 6.99. The number of unbranched alkanes of at least 4 members (excludes halogenated alkanes) is 3. The van der Waals surface area contributed by atoms with Crippen molar-refractivity contribution in [3.8, 4) is 0 Å². The lowest BCUT2D eigenvalue weighted by Crippen LogP contribution is -2.23. The van der Waals surface area contributed by atoms with Crippen LogP contribution in [0.15, 0.2) is 0 Å². The third kappa shape index (κ3) is 10.8. The monoisotopic (exact) mass is 246 g/mol. The SMILES string of the molecule is CCC(CCCCCCS)C[Si](C)(C)C. The van der Waals surface area contributed by atoms with E-state index in [2.05, 4.69) is 39.2 Å². The molecule has 15 heavy (non-hydrogen) atoms. The lowest BCUT2D eigenvalue weighted by Gasteiger charge is -2.23. The highest BCUT2D eigenvalue weighted by Gasteiger charge is 2.18. The molecule has 0 aliphatic rings. The second kappa shape index (κ2) is 8.69. The van der Waals surface area contributed by atoms with E-state index in [-0.39, 0.29) is 0 Å². The molecule has 2 heteroatoms. The fourth-order valence-electron chi connectivity index (χ4n) is 2.21. The van der Waals surface area contributed by atoms with Gasteiger partial charge in [-0.1, -0.05) is 64.7 Å². The third-order valence-electron chi connectivity index (χ3n) is 3.00. The predicted molar refractivity (Wildman–Crippen MR) is 78.9 cm³/mol. The van der Waals surface area contributed by atoms with Crippen molar-refractivity contribution in [1.29, 1.82) is 0 Å². The Morgan fingerprint density at radius 3 is 2.07 bits per heavy atom. The molecule has 0 heterocycles. The maximum absolute atomic E-state index is 4.24. The summed E-state index contributed by atoms with van der Waals surface area (Å²) in [7, 11) is -0.829. The summed E-state index contributed by atoms with van der Waals surface area (Å²) in [5.74, 6) is 2.07. The molecule has 0 spiro atoms. The lowest BCUT2D eigenvalue weighted by atomic mass is 10.0. The first-order valence-corrected chi connectivity index (χ1v) is 10.9. The molecule has 0 aromatic rings. The number of hydrogen-bond acceptors (Lipinski definition) is 1. The van der Waals surface area contributed by atoms with Crippen LogP contribution in [0.3, 0.4) is 0 Å². The topological polar surface area (TPSA) is 0 Å². The Balaban J connectivity index is 3.53. The maximum atomic E-state index is 4.24. The summed E-state index contributed by atoms with van der Waals surface area (Å²) in [5.41, 5.74) is 0. The largest absolute Gasteiger partial charge is 0.179 e. The Kier molecular flexibility index (Phi) is 9.02. The summed E-state index contributed by atoms with van der Waals surface area (Å²) < 4.78 is 0. The number of hydrogen-bond donors (Lipinski definition) is 1. The molecule has 0 N–H and O–H groups in total. The molecule has 0 saturated carbocycles. The summed E-state index contributed by atoms with van der Waals surface area (Å²) in [4.78, 5) is 0. The molecule has 0 fully saturated rings. The van der Waals surface area contributed by atoms with Crippen LogP contribution in [-0.4, -0.2) is 13.8 Å². The zero-order valence-electron chi connectivity index (χ0n) is 11.2. The molecule has 0 saturated heterocycles. The molecule has 0 aromatic heterocycles. The summed E-state index contributed by atoms with van der Waals surface area (Å²) in [6.45, 7) is 9.85. The number of thiol groups is 1. The van der Waals surface area contributed by atoms with Crippen molar-refractivity contribution in [2.24, 2.45) is 5.92 Å². The Hall–Kier alpha value is 0.567. The molecule has 1 unspecified atom stereocenters. The van der Waals surface area contributed by atoms with E-state index in [4.69, 9.17) is 0 Å². The molecule has 92 valence electrons. The van der Waals surface area contributed by atoms with Crippen LogP contribution in [0.1, 0.15) is 45.4 Å². The lowest BCUT2D eigenvalue weighted by molar-refractivity contribution is 0.472. The van der Waals surface area contributed by atoms with Crippen molar-refractivity contribution < 1.29 is 0 Å². The highest BCUT2D eigenvalue weighted by molar-refractivity contribution is 7.80. The van der Waals surface area contributed by atoms with Gasteiger partial charge in [-0.15, -0.1) is 0 Å². The van der Waals surface area contributed by atoms with Crippen LogP contribution in [0.2, 0.25) is 25.7 Å². The zero-order valence-corrected chi connectivity index (χ0v) is 13.1. The van der Waals surface area contributed by atoms with Crippen LogP contribution < -0.4 is 0 Å². The average molecular weight is 247 g/mol. The fourth-order valence-corrected chi connectivity index (χ4v) is 4.66. The molecule has 1 atom stereocenters. The molecule has 0 aliphatic heterocycles. The highest BCUT2D eigenvalue weighted by Crippen LogP contribution is 2.24. The molecule has 0 bridgehead atoms. The van der Waals surface area contributed by atoms with Gasteiger partial charge in [0.15, 0.2) is 0 Å². The van der Waals surface area contributed by atoms with Crippen molar-refractivity contribution in [2.75, 3.05) is 5.75 Å². The van der Waals surface area contributed by atoms with Gasteiger partial charge >= 0.3 is 0 Å². The molecule has 0 rings (SSSR count). The van der Waals surface area contributed by atoms with Gasteiger partial charge < -0.3 is 0 Å². The number of rotatable bonds is 9. The van der Waals surface area contributed by atoms with Crippen LogP contribution >= 0.6 is 12.6 Å². The van der Waals surface area contributed by atoms with Gasteiger partial charge in [-0.25, -0.2) is 0 Å². The van der Waals surface area contributed by atoms with Crippen LogP contribution in [-0.2, 0) is 0 Å². The molecular formula is C13H30SSi. The van der Waals surface area contributed by atoms with Gasteiger partial charge in [-0.2, -0.15) is 12.6 Å². The minimum Gasteiger partial charge on any atom is -0.179 e. The van der Waals surface area contributed by atoms with E-state index in [0.717, 1.165) is 11.7 Å². The summed E-state index contributed by atoms with van der Waals surface area (Å²) in [5, 5.41) is 0. The normalized spacial score (nSPS) is 14.2. The maximum Gasteiger partial charge on any atom is 0.0445 e. The standard InChI is InChI=1S/C13H30SSi/c1-5-13(12-15(2,3)4)10-8-6-7-9-11-14/h13-14H,5-12H2,1-4H3. The van der Waals surface area contributed by atoms with Crippen molar-refractivity contribution in [1.82, 2.24) is 0 Å². The van der Waals surface area contributed by atoms with E-state index in [1.165, 1.54) is 44.6 Å². The van der Waals surface area contributed by atoms with E-state index in [1.54, 1.807) is 0 Å². The fraction of sp³-hybridized carbons (Fsp3) is 1.00. The second-order valence-corrected chi connectivity index (χ2v) is 11.9. The molecule has 0 aliphatic carbocycles. The van der Waals surface area contributed by atoms with E-state index in [1.807, 2.05) is 0 Å². The quantitative estimate of drug-likeness (QED) is 0.321. The van der Waals surface area contributed by atoms with E-state index < -0.39 is 8.07 Å². The minimum atomic E-state index is -0.829. The van der Waals surface area contributed by atoms with Gasteiger partial charge in [-0.3, -0.25) is 0 Å². The molecule has 0 nitrogen and oxygen atoms in total.